The molecule has 2 N–H and O–H groups in total. The van der Waals surface area contributed by atoms with E-state index in [0.717, 1.165) is 60.7 Å². The van der Waals surface area contributed by atoms with Gasteiger partial charge in [-0.15, -0.1) is 0 Å². The van der Waals surface area contributed by atoms with Gasteiger partial charge in [0.2, 0.25) is 5.91 Å². The number of H-pyrrole nitrogens is 1. The third-order valence-electron chi connectivity index (χ3n) is 6.02. The molecule has 2 aromatic heterocycles. The Balaban J connectivity index is 1.54. The number of aromatic nitrogens is 2. The third-order valence-corrected chi connectivity index (χ3v) is 6.02. The summed E-state index contributed by atoms with van der Waals surface area (Å²) < 4.78 is 0. The van der Waals surface area contributed by atoms with Crippen molar-refractivity contribution in [1.82, 2.24) is 14.9 Å². The van der Waals surface area contributed by atoms with Gasteiger partial charge in [0.15, 0.2) is 5.78 Å². The number of nitrogens with one attached hydrogen (secondary N) is 2. The van der Waals surface area contributed by atoms with E-state index in [4.69, 9.17) is 0 Å². The molecule has 0 spiro atoms. The molecule has 0 saturated carbocycles. The number of hydrogen-bond acceptors (Lipinski definition) is 4. The zero-order valence-corrected chi connectivity index (χ0v) is 16.3. The van der Waals surface area contributed by atoms with E-state index in [1.54, 1.807) is 12.4 Å². The second kappa shape index (κ2) is 7.35. The quantitative estimate of drug-likeness (QED) is 0.837. The van der Waals surface area contributed by atoms with Gasteiger partial charge in [-0.3, -0.25) is 14.6 Å². The Morgan fingerprint density at radius 1 is 1.21 bits per heavy atom. The average molecular weight is 388 g/mol. The highest BCUT2D eigenvalue weighted by Gasteiger charge is 2.37. The van der Waals surface area contributed by atoms with Crippen LogP contribution in [0.15, 0.2) is 48.5 Å². The molecule has 0 aromatic carbocycles. The molecule has 1 unspecified atom stereocenters. The van der Waals surface area contributed by atoms with Crippen LogP contribution in [0.5, 0.6) is 0 Å². The van der Waals surface area contributed by atoms with Crippen molar-refractivity contribution in [2.45, 2.75) is 32.1 Å². The van der Waals surface area contributed by atoms with E-state index < -0.39 is 0 Å². The number of carbonyl (C=O) groups is 2. The van der Waals surface area contributed by atoms with E-state index in [1.807, 2.05) is 23.1 Å². The largest absolute Gasteiger partial charge is 0.357 e. The zero-order chi connectivity index (χ0) is 19.8. The Kier molecular flexibility index (Phi) is 4.54. The number of rotatable bonds is 4. The van der Waals surface area contributed by atoms with Crippen LogP contribution in [0, 0.1) is 5.92 Å². The highest BCUT2D eigenvalue weighted by atomic mass is 16.2. The van der Waals surface area contributed by atoms with E-state index in [2.05, 4.69) is 27.4 Å². The van der Waals surface area contributed by atoms with Crippen LogP contribution in [0.25, 0.3) is 11.3 Å². The van der Waals surface area contributed by atoms with E-state index in [0.29, 0.717) is 12.0 Å². The number of likely N-dealkylation sites (tertiary alicyclic amines) is 1. The highest BCUT2D eigenvalue weighted by molar-refractivity contribution is 6.08. The molecular formula is C23H24N4O2. The molecule has 29 heavy (non-hydrogen) atoms. The van der Waals surface area contributed by atoms with Crippen molar-refractivity contribution in [3.8, 4) is 11.3 Å². The summed E-state index contributed by atoms with van der Waals surface area (Å²) in [6.07, 6.45) is 13.6. The van der Waals surface area contributed by atoms with Crippen LogP contribution in [0.2, 0.25) is 0 Å². The molecule has 1 amide bonds. The maximum Gasteiger partial charge on any atom is 0.226 e. The predicted octanol–water partition coefficient (Wildman–Crippen LogP) is 3.70. The maximum atomic E-state index is 13.2. The number of aromatic amines is 1. The minimum atomic E-state index is -0.260. The van der Waals surface area contributed by atoms with Gasteiger partial charge in [0.05, 0.1) is 22.9 Å². The minimum Gasteiger partial charge on any atom is -0.357 e. The van der Waals surface area contributed by atoms with Gasteiger partial charge in [-0.1, -0.05) is 12.2 Å². The normalized spacial score (nSPS) is 20.7. The first-order valence-electron chi connectivity index (χ1n) is 10.3. The summed E-state index contributed by atoms with van der Waals surface area (Å²) in [5, 5.41) is 3.52. The lowest BCUT2D eigenvalue weighted by molar-refractivity contribution is -0.139. The number of anilines is 1. The standard InChI is InChI=1S/C23H24N4O2/c28-19-14-16(23(29)27-11-4-12-27)13-18-20(19)22(25-17-5-2-1-3-6-17)21(26-18)15-7-9-24-10-8-15/h1-2,5,7-10,16,25-26H,3-4,6,11-14H2. The van der Waals surface area contributed by atoms with Crippen LogP contribution >= 0.6 is 0 Å². The van der Waals surface area contributed by atoms with Crippen LogP contribution < -0.4 is 5.32 Å². The number of hydrogen-bond donors (Lipinski definition) is 2. The summed E-state index contributed by atoms with van der Waals surface area (Å²) in [6, 6.07) is 3.87. The monoisotopic (exact) mass is 388 g/mol. The van der Waals surface area contributed by atoms with Gasteiger partial charge in [-0.05, 0) is 37.5 Å². The molecule has 3 heterocycles. The summed E-state index contributed by atoms with van der Waals surface area (Å²) in [7, 11) is 0. The number of pyridine rings is 1. The van der Waals surface area contributed by atoms with Crippen molar-refractivity contribution in [3.63, 3.8) is 0 Å². The number of allylic oxidation sites excluding steroid dienone is 4. The zero-order valence-electron chi connectivity index (χ0n) is 16.3. The second-order valence-electron chi connectivity index (χ2n) is 7.96. The molecule has 0 bridgehead atoms. The molecule has 1 saturated heterocycles. The molecule has 5 rings (SSSR count). The fraction of sp³-hybridized carbons (Fsp3) is 0.348. The van der Waals surface area contributed by atoms with E-state index in [9.17, 15) is 9.59 Å². The van der Waals surface area contributed by atoms with Crippen molar-refractivity contribution >= 4 is 17.4 Å². The maximum absolute atomic E-state index is 13.2. The van der Waals surface area contributed by atoms with E-state index in [-0.39, 0.29) is 24.0 Å². The van der Waals surface area contributed by atoms with Gasteiger partial charge in [-0.25, -0.2) is 0 Å². The smallest absolute Gasteiger partial charge is 0.226 e. The summed E-state index contributed by atoms with van der Waals surface area (Å²) in [4.78, 5) is 35.3. The summed E-state index contributed by atoms with van der Waals surface area (Å²) in [6.45, 7) is 1.63. The third kappa shape index (κ3) is 3.28. The molecule has 148 valence electrons. The lowest BCUT2D eigenvalue weighted by Gasteiger charge is -2.35. The number of Topliss-reactive ketones (excluding diaryl/α,β-unsaturated/α-hetero) is 1. The Morgan fingerprint density at radius 3 is 2.72 bits per heavy atom. The lowest BCUT2D eigenvalue weighted by Crippen LogP contribution is -2.46. The van der Waals surface area contributed by atoms with Crippen LogP contribution in [0.3, 0.4) is 0 Å². The fourth-order valence-corrected chi connectivity index (χ4v) is 4.35. The summed E-state index contributed by atoms with van der Waals surface area (Å²) in [5.74, 6) is -0.106. The van der Waals surface area contributed by atoms with E-state index >= 15 is 0 Å². The Hall–Kier alpha value is -3.15. The van der Waals surface area contributed by atoms with Crippen LogP contribution in [-0.4, -0.2) is 39.6 Å². The van der Waals surface area contributed by atoms with Gasteiger partial charge >= 0.3 is 0 Å². The molecule has 2 aromatic rings. The van der Waals surface area contributed by atoms with Crippen LogP contribution in [-0.2, 0) is 11.2 Å². The van der Waals surface area contributed by atoms with Gasteiger partial charge in [0.25, 0.3) is 0 Å². The highest BCUT2D eigenvalue weighted by Crippen LogP contribution is 2.40. The van der Waals surface area contributed by atoms with Crippen LogP contribution in [0.4, 0.5) is 5.69 Å². The summed E-state index contributed by atoms with van der Waals surface area (Å²) >= 11 is 0. The molecule has 2 aliphatic carbocycles. The van der Waals surface area contributed by atoms with E-state index in [1.165, 1.54) is 0 Å². The molecule has 1 aliphatic heterocycles. The van der Waals surface area contributed by atoms with Gasteiger partial charge in [0.1, 0.15) is 0 Å². The van der Waals surface area contributed by atoms with Crippen molar-refractivity contribution in [2.24, 2.45) is 5.92 Å². The van der Waals surface area contributed by atoms with Gasteiger partial charge in [-0.2, -0.15) is 0 Å². The minimum absolute atomic E-state index is 0.0381. The topological polar surface area (TPSA) is 78.1 Å². The number of carbonyl (C=O) groups excluding carboxylic acids is 2. The molecule has 1 atom stereocenters. The SMILES string of the molecule is O=C1CC(C(=O)N2CCC2)Cc2[nH]c(-c3ccncc3)c(NC3=CC=CCC3)c21. The lowest BCUT2D eigenvalue weighted by atomic mass is 9.84. The molecular weight excluding hydrogens is 364 g/mol. The number of ketones is 1. The molecule has 6 nitrogen and oxygen atoms in total. The molecule has 1 fully saturated rings. The summed E-state index contributed by atoms with van der Waals surface area (Å²) in [5.41, 5.74) is 5.35. The Labute approximate surface area is 169 Å². The predicted molar refractivity (Wildman–Crippen MR) is 111 cm³/mol. The van der Waals surface area contributed by atoms with Gasteiger partial charge < -0.3 is 15.2 Å². The van der Waals surface area contributed by atoms with Crippen LogP contribution in [0.1, 0.15) is 41.7 Å². The first-order valence-corrected chi connectivity index (χ1v) is 10.3. The van der Waals surface area contributed by atoms with Gasteiger partial charge in [0, 0.05) is 55.3 Å². The molecule has 6 heteroatoms. The number of nitrogens with zero attached hydrogens (tertiary/aromatic N) is 2. The Bertz CT molecular complexity index is 1010. The molecule has 0 radical (unpaired) electrons. The Morgan fingerprint density at radius 2 is 2.03 bits per heavy atom. The van der Waals surface area contributed by atoms with Crippen molar-refractivity contribution in [3.05, 3.63) is 59.7 Å². The average Bonchev–Trinajstić information content (AvgIpc) is 3.07. The number of fused-ring (bicyclic) bond motifs is 1. The van der Waals surface area contributed by atoms with Crippen molar-refractivity contribution in [2.75, 3.05) is 18.4 Å². The van der Waals surface area contributed by atoms with Crippen molar-refractivity contribution in [1.29, 1.82) is 0 Å². The number of amides is 1. The second-order valence-corrected chi connectivity index (χ2v) is 7.96. The molecule has 3 aliphatic rings. The first-order chi connectivity index (χ1) is 14.2. The fourth-order valence-electron chi connectivity index (χ4n) is 4.35. The van der Waals surface area contributed by atoms with Crippen molar-refractivity contribution < 1.29 is 9.59 Å². The first kappa shape index (κ1) is 17.9.